The maximum absolute atomic E-state index is 11.8. The number of hydrogen-bond donors (Lipinski definition) is 1. The molecule has 0 saturated carbocycles. The van der Waals surface area contributed by atoms with Gasteiger partial charge in [-0.1, -0.05) is 78.1 Å². The van der Waals surface area contributed by atoms with Gasteiger partial charge in [0.25, 0.3) is 0 Å². The van der Waals surface area contributed by atoms with Gasteiger partial charge in [0.05, 0.1) is 0 Å². The Morgan fingerprint density at radius 2 is 0.568 bits per heavy atom. The van der Waals surface area contributed by atoms with Crippen molar-refractivity contribution >= 4 is 17.2 Å². The van der Waals surface area contributed by atoms with Crippen LogP contribution in [0, 0.1) is 0 Å². The summed E-state index contributed by atoms with van der Waals surface area (Å²) in [5.41, 5.74) is 0. The van der Waals surface area contributed by atoms with Crippen LogP contribution in [0.25, 0.3) is 0 Å². The molecular weight excluding hydrogens is 583 g/mol. The summed E-state index contributed by atoms with van der Waals surface area (Å²) in [7, 11) is -4.43. The molecule has 0 radical (unpaired) electrons. The Kier molecular flexibility index (Phi) is 29.6. The van der Waals surface area contributed by atoms with E-state index in [4.69, 9.17) is 3.97 Å². The first kappa shape index (κ1) is 44.3. The first-order chi connectivity index (χ1) is 21.1. The van der Waals surface area contributed by atoms with Gasteiger partial charge in [0.15, 0.2) is 0 Å². The van der Waals surface area contributed by atoms with Crippen molar-refractivity contribution in [2.75, 3.05) is 25.7 Å². The molecule has 0 spiro atoms. The van der Waals surface area contributed by atoms with E-state index in [-0.39, 0.29) is 0 Å². The van der Waals surface area contributed by atoms with Crippen molar-refractivity contribution in [3.63, 3.8) is 0 Å². The molecule has 0 aliphatic carbocycles. The van der Waals surface area contributed by atoms with E-state index in [1.54, 1.807) is 0 Å². The average Bonchev–Trinajstić information content (AvgIpc) is 2.95. The molecule has 0 unspecified atom stereocenters. The van der Waals surface area contributed by atoms with E-state index >= 15 is 0 Å². The monoisotopic (exact) mass is 665 g/mol. The van der Waals surface area contributed by atoms with Gasteiger partial charge in [-0.05, 0) is 0 Å². The minimum atomic E-state index is -4.43. The minimum absolute atomic E-state index is 0.794. The first-order valence-corrected chi connectivity index (χ1v) is 24.6. The van der Waals surface area contributed by atoms with Gasteiger partial charge < -0.3 is 0 Å². The fourth-order valence-corrected chi connectivity index (χ4v) is 12.6. The third kappa shape index (κ3) is 32.2. The molecule has 0 fully saturated rings. The van der Waals surface area contributed by atoms with Crippen LogP contribution < -0.4 is 0 Å². The van der Waals surface area contributed by atoms with Gasteiger partial charge in [-0.2, -0.15) is 0 Å². The van der Waals surface area contributed by atoms with Crippen molar-refractivity contribution in [2.45, 2.75) is 219 Å². The van der Waals surface area contributed by atoms with Crippen molar-refractivity contribution in [1.29, 1.82) is 0 Å². The van der Waals surface area contributed by atoms with E-state index in [9.17, 15) is 13.0 Å². The molecule has 0 aromatic heterocycles. The molecule has 4 nitrogen and oxygen atoms in total. The van der Waals surface area contributed by atoms with E-state index < -0.39 is 17.2 Å². The van der Waals surface area contributed by atoms with Gasteiger partial charge in [0.2, 0.25) is 0 Å². The van der Waals surface area contributed by atoms with Crippen LogP contribution in [0.4, 0.5) is 0 Å². The molecule has 0 rings (SSSR count). The SMILES string of the molecule is CCCCCCCCCCCCCCCCCCP(C)(C)(CCCCCCCCCCCCCCCCCC)OS(=O)(=O)O. The summed E-state index contributed by atoms with van der Waals surface area (Å²) in [5, 5.41) is 0. The van der Waals surface area contributed by atoms with Crippen LogP contribution >= 0.6 is 6.83 Å². The fourth-order valence-electron chi connectivity index (χ4n) is 6.81. The molecule has 0 amide bonds. The summed E-state index contributed by atoms with van der Waals surface area (Å²) < 4.78 is 38.6. The molecule has 44 heavy (non-hydrogen) atoms. The van der Waals surface area contributed by atoms with E-state index in [2.05, 4.69) is 13.8 Å². The molecule has 0 aliphatic rings. The van der Waals surface area contributed by atoms with Gasteiger partial charge in [-0.3, -0.25) is 0 Å². The summed E-state index contributed by atoms with van der Waals surface area (Å²) in [5.74, 6) is 0. The van der Waals surface area contributed by atoms with Crippen LogP contribution in [0.15, 0.2) is 0 Å². The van der Waals surface area contributed by atoms with Crippen LogP contribution in [0.5, 0.6) is 0 Å². The Morgan fingerprint density at radius 3 is 0.750 bits per heavy atom. The van der Waals surface area contributed by atoms with Crippen LogP contribution in [0.2, 0.25) is 0 Å². The summed E-state index contributed by atoms with van der Waals surface area (Å²) in [6.07, 6.45) is 44.2. The first-order valence-electron chi connectivity index (χ1n) is 19.8. The van der Waals surface area contributed by atoms with Crippen molar-refractivity contribution < 1.29 is 16.9 Å². The average molecular weight is 665 g/mol. The normalized spacial score (nSPS) is 13.3. The zero-order valence-corrected chi connectivity index (χ0v) is 32.3. The second kappa shape index (κ2) is 29.4. The van der Waals surface area contributed by atoms with Crippen LogP contribution in [0.1, 0.15) is 219 Å². The molecule has 268 valence electrons. The Balaban J connectivity index is 3.87. The van der Waals surface area contributed by atoms with E-state index in [1.807, 2.05) is 13.3 Å². The standard InChI is InChI=1S/C38H81O4PS/c1-5-7-9-11-13-15-17-19-21-23-25-27-29-31-33-35-37-43(3,4,42-44(39,40)41)38-36-34-32-30-28-26-24-22-20-18-16-14-12-10-8-6-2/h5-38H2,1-4H3,(H,39,40,41). The molecule has 0 aliphatic heterocycles. The van der Waals surface area contributed by atoms with E-state index in [1.165, 1.54) is 180 Å². The number of hydrogen-bond acceptors (Lipinski definition) is 3. The molecule has 0 aromatic carbocycles. The molecule has 0 heterocycles. The molecule has 0 aromatic rings. The van der Waals surface area contributed by atoms with Gasteiger partial charge in [-0.15, -0.1) is 0 Å². The summed E-state index contributed by atoms with van der Waals surface area (Å²) in [6, 6.07) is 0. The Labute approximate surface area is 278 Å². The van der Waals surface area contributed by atoms with Crippen molar-refractivity contribution in [1.82, 2.24) is 0 Å². The molecule has 6 heteroatoms. The van der Waals surface area contributed by atoms with Gasteiger partial charge >= 0.3 is 201 Å². The summed E-state index contributed by atoms with van der Waals surface area (Å²) >= 11 is 0. The zero-order valence-electron chi connectivity index (χ0n) is 30.6. The predicted octanol–water partition coefficient (Wildman–Crippen LogP) is 14.1. The van der Waals surface area contributed by atoms with E-state index in [0.29, 0.717) is 0 Å². The van der Waals surface area contributed by atoms with Crippen LogP contribution in [-0.4, -0.2) is 38.6 Å². The van der Waals surface area contributed by atoms with Gasteiger partial charge in [-0.25, -0.2) is 0 Å². The molecule has 1 N–H and O–H groups in total. The summed E-state index contributed by atoms with van der Waals surface area (Å²) in [4.78, 5) is 0. The molecule has 0 saturated heterocycles. The van der Waals surface area contributed by atoms with E-state index in [0.717, 1.165) is 38.0 Å². The topological polar surface area (TPSA) is 63.6 Å². The second-order valence-corrected chi connectivity index (χ2v) is 22.6. The third-order valence-corrected chi connectivity index (χ3v) is 16.0. The quantitative estimate of drug-likeness (QED) is 0.0411. The predicted molar refractivity (Wildman–Crippen MR) is 200 cm³/mol. The molecular formula is C38H81O4PS. The fraction of sp³-hybridized carbons (Fsp3) is 1.00. The van der Waals surface area contributed by atoms with Gasteiger partial charge in [0.1, 0.15) is 0 Å². The Morgan fingerprint density at radius 1 is 0.386 bits per heavy atom. The third-order valence-electron chi connectivity index (χ3n) is 9.77. The molecule has 0 bridgehead atoms. The van der Waals surface area contributed by atoms with Crippen molar-refractivity contribution in [3.05, 3.63) is 0 Å². The summed E-state index contributed by atoms with van der Waals surface area (Å²) in [6.45, 7) is 5.68. The van der Waals surface area contributed by atoms with Crippen molar-refractivity contribution in [3.8, 4) is 0 Å². The van der Waals surface area contributed by atoms with Crippen LogP contribution in [0.3, 0.4) is 0 Å². The molecule has 0 atom stereocenters. The van der Waals surface area contributed by atoms with Crippen LogP contribution in [-0.2, 0) is 14.4 Å². The van der Waals surface area contributed by atoms with Gasteiger partial charge in [0, 0.05) is 0 Å². The second-order valence-electron chi connectivity index (χ2n) is 15.1. The zero-order chi connectivity index (χ0) is 32.7. The number of unbranched alkanes of at least 4 members (excludes halogenated alkanes) is 30. The number of rotatable bonds is 36. The maximum atomic E-state index is 11.8. The Bertz CT molecular complexity index is 670. The van der Waals surface area contributed by atoms with Crippen molar-refractivity contribution in [2.24, 2.45) is 0 Å². The Hall–Kier alpha value is 0.300.